The highest BCUT2D eigenvalue weighted by Crippen LogP contribution is 2.16. The number of ether oxygens (including phenoxy) is 1. The number of fused-ring (bicyclic) bond motifs is 1. The molecule has 21 heavy (non-hydrogen) atoms. The van der Waals surface area contributed by atoms with Gasteiger partial charge < -0.3 is 15.0 Å². The SMILES string of the molecule is Nc1ccc(C(=O)OCc2nnc3n2CCCC3)c(F)c1. The van der Waals surface area contributed by atoms with Crippen molar-refractivity contribution in [3.63, 3.8) is 0 Å². The average Bonchev–Trinajstić information content (AvgIpc) is 2.88. The number of carbonyl (C=O) groups excluding carboxylic acids is 1. The van der Waals surface area contributed by atoms with Crippen LogP contribution in [-0.4, -0.2) is 20.7 Å². The van der Waals surface area contributed by atoms with Crippen LogP contribution >= 0.6 is 0 Å². The highest BCUT2D eigenvalue weighted by atomic mass is 19.1. The van der Waals surface area contributed by atoms with Crippen LogP contribution in [0.15, 0.2) is 18.2 Å². The Bertz CT molecular complexity index is 684. The standard InChI is InChI=1S/C14H15FN4O2/c15-11-7-9(16)4-5-10(11)14(20)21-8-13-18-17-12-3-1-2-6-19(12)13/h4-5,7H,1-3,6,8,16H2. The van der Waals surface area contributed by atoms with Gasteiger partial charge >= 0.3 is 5.97 Å². The van der Waals surface area contributed by atoms with Crippen LogP contribution in [0, 0.1) is 5.82 Å². The molecule has 0 bridgehead atoms. The van der Waals surface area contributed by atoms with Crippen molar-refractivity contribution in [2.24, 2.45) is 0 Å². The van der Waals surface area contributed by atoms with E-state index in [0.29, 0.717) is 5.82 Å². The third kappa shape index (κ3) is 2.72. The number of aryl methyl sites for hydroxylation is 1. The van der Waals surface area contributed by atoms with Crippen molar-refractivity contribution >= 4 is 11.7 Å². The summed E-state index contributed by atoms with van der Waals surface area (Å²) in [4.78, 5) is 11.9. The van der Waals surface area contributed by atoms with Gasteiger partial charge in [-0.15, -0.1) is 10.2 Å². The normalized spacial score (nSPS) is 13.8. The zero-order chi connectivity index (χ0) is 14.8. The van der Waals surface area contributed by atoms with Crippen LogP contribution in [0.2, 0.25) is 0 Å². The number of nitrogens with two attached hydrogens (primary N) is 1. The zero-order valence-electron chi connectivity index (χ0n) is 11.4. The molecular formula is C14H15FN4O2. The number of aromatic nitrogens is 3. The van der Waals surface area contributed by atoms with Crippen LogP contribution in [0.1, 0.15) is 34.8 Å². The molecule has 110 valence electrons. The molecule has 0 amide bonds. The molecular weight excluding hydrogens is 275 g/mol. The fourth-order valence-corrected chi connectivity index (χ4v) is 2.38. The lowest BCUT2D eigenvalue weighted by Gasteiger charge is -2.14. The first kappa shape index (κ1) is 13.5. The van der Waals surface area contributed by atoms with Gasteiger partial charge in [-0.2, -0.15) is 0 Å². The number of halogens is 1. The van der Waals surface area contributed by atoms with E-state index in [2.05, 4.69) is 10.2 Å². The van der Waals surface area contributed by atoms with Gasteiger partial charge in [-0.05, 0) is 31.0 Å². The smallest absolute Gasteiger partial charge is 0.341 e. The Morgan fingerprint density at radius 1 is 1.38 bits per heavy atom. The topological polar surface area (TPSA) is 83.0 Å². The number of esters is 1. The summed E-state index contributed by atoms with van der Waals surface area (Å²) in [6.07, 6.45) is 3.03. The van der Waals surface area contributed by atoms with E-state index in [4.69, 9.17) is 10.5 Å². The predicted octanol–water partition coefficient (Wildman–Crippen LogP) is 1.69. The van der Waals surface area contributed by atoms with Crippen LogP contribution in [0.25, 0.3) is 0 Å². The molecule has 0 saturated heterocycles. The van der Waals surface area contributed by atoms with Gasteiger partial charge in [0.1, 0.15) is 11.6 Å². The summed E-state index contributed by atoms with van der Waals surface area (Å²) in [5.74, 6) is 0.0730. The molecule has 3 rings (SSSR count). The summed E-state index contributed by atoms with van der Waals surface area (Å²) in [5, 5.41) is 8.09. The first-order valence-corrected chi connectivity index (χ1v) is 6.78. The lowest BCUT2D eigenvalue weighted by atomic mass is 10.2. The Morgan fingerprint density at radius 3 is 3.05 bits per heavy atom. The van der Waals surface area contributed by atoms with Crippen molar-refractivity contribution in [3.8, 4) is 0 Å². The molecule has 6 nitrogen and oxygen atoms in total. The number of hydrogen-bond donors (Lipinski definition) is 1. The quantitative estimate of drug-likeness (QED) is 0.687. The van der Waals surface area contributed by atoms with Gasteiger partial charge in [0.25, 0.3) is 0 Å². The van der Waals surface area contributed by atoms with E-state index in [0.717, 1.165) is 37.7 Å². The van der Waals surface area contributed by atoms with Crippen LogP contribution in [0.5, 0.6) is 0 Å². The van der Waals surface area contributed by atoms with Gasteiger partial charge in [-0.25, -0.2) is 9.18 Å². The second kappa shape index (κ2) is 5.51. The summed E-state index contributed by atoms with van der Waals surface area (Å²) < 4.78 is 20.7. The molecule has 0 aliphatic carbocycles. The average molecular weight is 290 g/mol. The molecule has 0 atom stereocenters. The van der Waals surface area contributed by atoms with Crippen LogP contribution < -0.4 is 5.73 Å². The number of nitrogen functional groups attached to an aromatic ring is 1. The molecule has 0 spiro atoms. The summed E-state index contributed by atoms with van der Waals surface area (Å²) in [6, 6.07) is 3.86. The van der Waals surface area contributed by atoms with Crippen LogP contribution in [0.4, 0.5) is 10.1 Å². The summed E-state index contributed by atoms with van der Waals surface area (Å²) >= 11 is 0. The largest absolute Gasteiger partial charge is 0.454 e. The van der Waals surface area contributed by atoms with E-state index in [9.17, 15) is 9.18 Å². The molecule has 2 N–H and O–H groups in total. The maximum atomic E-state index is 13.6. The molecule has 1 aliphatic rings. The van der Waals surface area contributed by atoms with E-state index in [1.165, 1.54) is 12.1 Å². The third-order valence-corrected chi connectivity index (χ3v) is 3.48. The molecule has 0 unspecified atom stereocenters. The predicted molar refractivity (Wildman–Crippen MR) is 72.9 cm³/mol. The maximum Gasteiger partial charge on any atom is 0.341 e. The zero-order valence-corrected chi connectivity index (χ0v) is 11.4. The van der Waals surface area contributed by atoms with Crippen molar-refractivity contribution < 1.29 is 13.9 Å². The fraction of sp³-hybridized carbons (Fsp3) is 0.357. The van der Waals surface area contributed by atoms with E-state index in [1.807, 2.05) is 4.57 Å². The van der Waals surface area contributed by atoms with Crippen molar-refractivity contribution in [2.45, 2.75) is 32.4 Å². The summed E-state index contributed by atoms with van der Waals surface area (Å²) in [6.45, 7) is 0.807. The van der Waals surface area contributed by atoms with E-state index >= 15 is 0 Å². The number of hydrogen-bond acceptors (Lipinski definition) is 5. The highest BCUT2D eigenvalue weighted by molar-refractivity contribution is 5.90. The third-order valence-electron chi connectivity index (χ3n) is 3.48. The second-order valence-corrected chi connectivity index (χ2v) is 4.96. The van der Waals surface area contributed by atoms with E-state index < -0.39 is 11.8 Å². The van der Waals surface area contributed by atoms with Gasteiger partial charge in [0.05, 0.1) is 5.56 Å². The number of benzene rings is 1. The Balaban J connectivity index is 1.70. The minimum Gasteiger partial charge on any atom is -0.454 e. The second-order valence-electron chi connectivity index (χ2n) is 4.96. The molecule has 0 fully saturated rings. The molecule has 0 radical (unpaired) electrons. The lowest BCUT2D eigenvalue weighted by molar-refractivity contribution is 0.0451. The number of anilines is 1. The molecule has 7 heteroatoms. The van der Waals surface area contributed by atoms with Crippen molar-refractivity contribution in [2.75, 3.05) is 5.73 Å². The lowest BCUT2D eigenvalue weighted by Crippen LogP contribution is -2.15. The summed E-state index contributed by atoms with van der Waals surface area (Å²) in [7, 11) is 0. The van der Waals surface area contributed by atoms with Gasteiger partial charge in [0.2, 0.25) is 0 Å². The monoisotopic (exact) mass is 290 g/mol. The molecule has 1 aromatic carbocycles. The van der Waals surface area contributed by atoms with Crippen LogP contribution in [-0.2, 0) is 24.3 Å². The van der Waals surface area contributed by atoms with Crippen molar-refractivity contribution in [1.82, 2.24) is 14.8 Å². The van der Waals surface area contributed by atoms with Crippen molar-refractivity contribution in [1.29, 1.82) is 0 Å². The minimum atomic E-state index is -0.736. The Morgan fingerprint density at radius 2 is 2.24 bits per heavy atom. The van der Waals surface area contributed by atoms with Gasteiger partial charge in [0.15, 0.2) is 12.4 Å². The molecule has 2 aromatic rings. The highest BCUT2D eigenvalue weighted by Gasteiger charge is 2.18. The number of rotatable bonds is 3. The van der Waals surface area contributed by atoms with Gasteiger partial charge in [-0.1, -0.05) is 0 Å². The van der Waals surface area contributed by atoms with Crippen molar-refractivity contribution in [3.05, 3.63) is 41.2 Å². The minimum absolute atomic E-state index is 0.0182. The van der Waals surface area contributed by atoms with E-state index in [-0.39, 0.29) is 17.9 Å². The first-order valence-electron chi connectivity index (χ1n) is 6.78. The van der Waals surface area contributed by atoms with Gasteiger partial charge in [-0.3, -0.25) is 0 Å². The van der Waals surface area contributed by atoms with E-state index in [1.54, 1.807) is 0 Å². The Labute approximate surface area is 120 Å². The molecule has 1 aromatic heterocycles. The Hall–Kier alpha value is -2.44. The Kier molecular flexibility index (Phi) is 3.55. The fourth-order valence-electron chi connectivity index (χ4n) is 2.38. The van der Waals surface area contributed by atoms with Gasteiger partial charge in [0, 0.05) is 18.7 Å². The maximum absolute atomic E-state index is 13.6. The number of carbonyl (C=O) groups is 1. The number of nitrogens with zero attached hydrogens (tertiary/aromatic N) is 3. The first-order chi connectivity index (χ1) is 10.1. The molecule has 1 aliphatic heterocycles. The summed E-state index contributed by atoms with van der Waals surface area (Å²) in [5.41, 5.74) is 5.56. The molecule has 0 saturated carbocycles. The molecule has 2 heterocycles. The van der Waals surface area contributed by atoms with Crippen LogP contribution in [0.3, 0.4) is 0 Å².